The van der Waals surface area contributed by atoms with Gasteiger partial charge in [-0.25, -0.2) is 0 Å². The Bertz CT molecular complexity index is 584. The van der Waals surface area contributed by atoms with Crippen molar-refractivity contribution in [3.63, 3.8) is 0 Å². The van der Waals surface area contributed by atoms with Gasteiger partial charge in [-0.05, 0) is 31.0 Å². The molecule has 2 unspecified atom stereocenters. The van der Waals surface area contributed by atoms with Crippen LogP contribution in [-0.4, -0.2) is 28.8 Å². The first-order valence-electron chi connectivity index (χ1n) is 6.95. The number of para-hydroxylation sites is 1. The molecule has 0 bridgehead atoms. The molecule has 2 N–H and O–H groups in total. The van der Waals surface area contributed by atoms with E-state index < -0.39 is 5.60 Å². The Hall–Kier alpha value is -1.45. The van der Waals surface area contributed by atoms with Gasteiger partial charge < -0.3 is 10.4 Å². The van der Waals surface area contributed by atoms with Crippen LogP contribution in [0.25, 0.3) is 10.9 Å². The molecule has 0 aliphatic carbocycles. The van der Waals surface area contributed by atoms with E-state index in [0.29, 0.717) is 6.42 Å². The molecule has 1 aliphatic rings. The molecule has 0 spiro atoms. The van der Waals surface area contributed by atoms with E-state index in [-0.39, 0.29) is 5.92 Å². The minimum absolute atomic E-state index is 0.259. The van der Waals surface area contributed by atoms with Gasteiger partial charge in [0.2, 0.25) is 0 Å². The highest BCUT2D eigenvalue weighted by molar-refractivity contribution is 5.78. The van der Waals surface area contributed by atoms with Gasteiger partial charge in [0.25, 0.3) is 0 Å². The van der Waals surface area contributed by atoms with Crippen molar-refractivity contribution in [2.75, 3.05) is 13.1 Å². The van der Waals surface area contributed by atoms with Gasteiger partial charge in [0, 0.05) is 24.0 Å². The Morgan fingerprint density at radius 3 is 3.00 bits per heavy atom. The Morgan fingerprint density at radius 2 is 2.16 bits per heavy atom. The standard InChI is InChI=1S/C16H20N2O/c1-12-11-17-9-8-16(12,19)10-14-7-6-13-4-2-3-5-15(13)18-14/h2-7,12,17,19H,8-11H2,1H3. The van der Waals surface area contributed by atoms with E-state index in [4.69, 9.17) is 0 Å². The predicted molar refractivity (Wildman–Crippen MR) is 77.0 cm³/mol. The topological polar surface area (TPSA) is 45.1 Å². The minimum Gasteiger partial charge on any atom is -0.389 e. The summed E-state index contributed by atoms with van der Waals surface area (Å²) in [6.07, 6.45) is 1.43. The number of piperidine rings is 1. The van der Waals surface area contributed by atoms with E-state index in [0.717, 1.165) is 36.1 Å². The highest BCUT2D eigenvalue weighted by Crippen LogP contribution is 2.28. The van der Waals surface area contributed by atoms with Gasteiger partial charge in [0.15, 0.2) is 0 Å². The number of benzene rings is 1. The molecular weight excluding hydrogens is 236 g/mol. The third-order valence-corrected chi connectivity index (χ3v) is 4.25. The first-order valence-corrected chi connectivity index (χ1v) is 6.95. The number of nitrogens with one attached hydrogen (secondary N) is 1. The van der Waals surface area contributed by atoms with Crippen LogP contribution < -0.4 is 5.32 Å². The fraction of sp³-hybridized carbons (Fsp3) is 0.438. The summed E-state index contributed by atoms with van der Waals surface area (Å²) in [5.41, 5.74) is 1.36. The largest absolute Gasteiger partial charge is 0.389 e. The summed E-state index contributed by atoms with van der Waals surface area (Å²) in [6.45, 7) is 3.87. The Balaban J connectivity index is 1.88. The number of aliphatic hydroxyl groups is 1. The molecule has 1 aromatic heterocycles. The number of fused-ring (bicyclic) bond motifs is 1. The van der Waals surface area contributed by atoms with Crippen LogP contribution in [0.2, 0.25) is 0 Å². The Morgan fingerprint density at radius 1 is 1.32 bits per heavy atom. The van der Waals surface area contributed by atoms with Crippen LogP contribution >= 0.6 is 0 Å². The number of hydrogen-bond donors (Lipinski definition) is 2. The number of rotatable bonds is 2. The zero-order chi connectivity index (χ0) is 13.3. The molecular formula is C16H20N2O. The number of hydrogen-bond acceptors (Lipinski definition) is 3. The van der Waals surface area contributed by atoms with Crippen LogP contribution in [0.1, 0.15) is 19.0 Å². The molecule has 100 valence electrons. The molecule has 1 aliphatic heterocycles. The average Bonchev–Trinajstić information content (AvgIpc) is 2.42. The molecule has 0 amide bonds. The first kappa shape index (κ1) is 12.6. The third-order valence-electron chi connectivity index (χ3n) is 4.25. The third kappa shape index (κ3) is 2.48. The molecule has 0 saturated carbocycles. The molecule has 2 atom stereocenters. The lowest BCUT2D eigenvalue weighted by molar-refractivity contribution is -0.0336. The quantitative estimate of drug-likeness (QED) is 0.865. The van der Waals surface area contributed by atoms with Crippen molar-refractivity contribution in [1.82, 2.24) is 10.3 Å². The van der Waals surface area contributed by atoms with Crippen LogP contribution in [0, 0.1) is 5.92 Å². The number of pyridine rings is 1. The van der Waals surface area contributed by atoms with E-state index in [1.54, 1.807) is 0 Å². The lowest BCUT2D eigenvalue weighted by Crippen LogP contribution is -2.50. The molecule has 3 nitrogen and oxygen atoms in total. The Kier molecular flexibility index (Phi) is 3.25. The minimum atomic E-state index is -0.624. The number of nitrogens with zero attached hydrogens (tertiary/aromatic N) is 1. The lowest BCUT2D eigenvalue weighted by Gasteiger charge is -2.38. The van der Waals surface area contributed by atoms with Gasteiger partial charge in [0.05, 0.1) is 11.1 Å². The van der Waals surface area contributed by atoms with Crippen molar-refractivity contribution in [2.45, 2.75) is 25.4 Å². The molecule has 0 radical (unpaired) electrons. The summed E-state index contributed by atoms with van der Waals surface area (Å²) < 4.78 is 0. The molecule has 3 heteroatoms. The van der Waals surface area contributed by atoms with Crippen LogP contribution in [0.5, 0.6) is 0 Å². The second-order valence-corrected chi connectivity index (χ2v) is 5.63. The first-order chi connectivity index (χ1) is 9.17. The molecule has 1 saturated heterocycles. The zero-order valence-electron chi connectivity index (χ0n) is 11.3. The van der Waals surface area contributed by atoms with Crippen molar-refractivity contribution in [1.29, 1.82) is 0 Å². The Labute approximate surface area is 113 Å². The maximum atomic E-state index is 10.8. The van der Waals surface area contributed by atoms with Gasteiger partial charge in [-0.15, -0.1) is 0 Å². The maximum absolute atomic E-state index is 10.8. The van der Waals surface area contributed by atoms with Crippen molar-refractivity contribution >= 4 is 10.9 Å². The molecule has 1 aromatic carbocycles. The molecule has 2 aromatic rings. The van der Waals surface area contributed by atoms with Crippen LogP contribution in [0.3, 0.4) is 0 Å². The van der Waals surface area contributed by atoms with E-state index >= 15 is 0 Å². The summed E-state index contributed by atoms with van der Waals surface area (Å²) in [6, 6.07) is 12.2. The van der Waals surface area contributed by atoms with Gasteiger partial charge in [-0.1, -0.05) is 31.2 Å². The van der Waals surface area contributed by atoms with Gasteiger partial charge in [-0.2, -0.15) is 0 Å². The fourth-order valence-electron chi connectivity index (χ4n) is 2.84. The fourth-order valence-corrected chi connectivity index (χ4v) is 2.84. The van der Waals surface area contributed by atoms with Crippen molar-refractivity contribution in [3.8, 4) is 0 Å². The van der Waals surface area contributed by atoms with Crippen molar-refractivity contribution < 1.29 is 5.11 Å². The van der Waals surface area contributed by atoms with Gasteiger partial charge in [0.1, 0.15) is 0 Å². The maximum Gasteiger partial charge on any atom is 0.0752 e. The van der Waals surface area contributed by atoms with E-state index in [2.05, 4.69) is 29.4 Å². The second-order valence-electron chi connectivity index (χ2n) is 5.63. The highest BCUT2D eigenvalue weighted by atomic mass is 16.3. The summed E-state index contributed by atoms with van der Waals surface area (Å²) >= 11 is 0. The molecule has 19 heavy (non-hydrogen) atoms. The van der Waals surface area contributed by atoms with Gasteiger partial charge >= 0.3 is 0 Å². The summed E-state index contributed by atoms with van der Waals surface area (Å²) in [4.78, 5) is 4.67. The summed E-state index contributed by atoms with van der Waals surface area (Å²) in [7, 11) is 0. The van der Waals surface area contributed by atoms with Crippen LogP contribution in [-0.2, 0) is 6.42 Å². The number of aromatic nitrogens is 1. The predicted octanol–water partition coefficient (Wildman–Crippen LogP) is 2.14. The highest BCUT2D eigenvalue weighted by Gasteiger charge is 2.36. The van der Waals surface area contributed by atoms with E-state index in [1.165, 1.54) is 0 Å². The average molecular weight is 256 g/mol. The zero-order valence-corrected chi connectivity index (χ0v) is 11.3. The summed E-state index contributed by atoms with van der Waals surface area (Å²) in [5, 5.41) is 15.3. The SMILES string of the molecule is CC1CNCCC1(O)Cc1ccc2ccccc2n1. The molecule has 2 heterocycles. The lowest BCUT2D eigenvalue weighted by atomic mass is 9.79. The van der Waals surface area contributed by atoms with Crippen molar-refractivity contribution in [3.05, 3.63) is 42.1 Å². The van der Waals surface area contributed by atoms with Crippen LogP contribution in [0.4, 0.5) is 0 Å². The van der Waals surface area contributed by atoms with Gasteiger partial charge in [-0.3, -0.25) is 4.98 Å². The van der Waals surface area contributed by atoms with Crippen molar-refractivity contribution in [2.24, 2.45) is 5.92 Å². The molecule has 1 fully saturated rings. The molecule has 3 rings (SSSR count). The van der Waals surface area contributed by atoms with E-state index in [1.807, 2.05) is 24.3 Å². The normalized spacial score (nSPS) is 27.6. The summed E-state index contributed by atoms with van der Waals surface area (Å²) in [5.74, 6) is 0.259. The second kappa shape index (κ2) is 4.91. The van der Waals surface area contributed by atoms with Crippen LogP contribution in [0.15, 0.2) is 36.4 Å². The van der Waals surface area contributed by atoms with E-state index in [9.17, 15) is 5.11 Å². The smallest absolute Gasteiger partial charge is 0.0752 e. The monoisotopic (exact) mass is 256 g/mol.